The zero-order valence-electron chi connectivity index (χ0n) is 13.8. The highest BCUT2D eigenvalue weighted by Gasteiger charge is 2.33. The van der Waals surface area contributed by atoms with E-state index in [1.807, 2.05) is 39.0 Å². The molecule has 120 valence electrons. The van der Waals surface area contributed by atoms with Gasteiger partial charge in [0, 0.05) is 12.7 Å². The van der Waals surface area contributed by atoms with Crippen molar-refractivity contribution in [3.63, 3.8) is 0 Å². The number of allylic oxidation sites excluding steroid dienone is 1. The van der Waals surface area contributed by atoms with Gasteiger partial charge in [0.2, 0.25) is 0 Å². The molecule has 1 N–H and O–H groups in total. The molecule has 0 saturated carbocycles. The molecule has 2 atom stereocenters. The molecular formula is C17H28O4. The summed E-state index contributed by atoms with van der Waals surface area (Å²) in [5.74, 6) is -0.101. The normalized spacial score (nSPS) is 22.8. The summed E-state index contributed by atoms with van der Waals surface area (Å²) in [6, 6.07) is 0. The molecule has 21 heavy (non-hydrogen) atoms. The number of methoxy groups -OCH3 is 2. The van der Waals surface area contributed by atoms with Gasteiger partial charge in [-0.15, -0.1) is 0 Å². The van der Waals surface area contributed by atoms with Crippen molar-refractivity contribution in [2.45, 2.75) is 57.7 Å². The van der Waals surface area contributed by atoms with Crippen molar-refractivity contribution < 1.29 is 19.4 Å². The summed E-state index contributed by atoms with van der Waals surface area (Å²) in [5, 5.41) is 10.7. The Morgan fingerprint density at radius 3 is 2.57 bits per heavy atom. The van der Waals surface area contributed by atoms with Crippen LogP contribution in [0.5, 0.6) is 0 Å². The van der Waals surface area contributed by atoms with Crippen LogP contribution in [0.1, 0.15) is 46.5 Å². The first kappa shape index (κ1) is 17.9. The van der Waals surface area contributed by atoms with Crippen molar-refractivity contribution in [1.82, 2.24) is 0 Å². The molecule has 1 aliphatic carbocycles. The Morgan fingerprint density at radius 1 is 1.43 bits per heavy atom. The summed E-state index contributed by atoms with van der Waals surface area (Å²) in [5.41, 5.74) is -0.375. The van der Waals surface area contributed by atoms with Gasteiger partial charge < -0.3 is 14.6 Å². The Morgan fingerprint density at radius 2 is 2.10 bits per heavy atom. The van der Waals surface area contributed by atoms with Crippen LogP contribution in [0.15, 0.2) is 23.8 Å². The van der Waals surface area contributed by atoms with Crippen molar-refractivity contribution in [2.24, 2.45) is 5.92 Å². The zero-order valence-corrected chi connectivity index (χ0v) is 13.8. The molecule has 0 amide bonds. The predicted octanol–water partition coefficient (Wildman–Crippen LogP) is 3.01. The van der Waals surface area contributed by atoms with Gasteiger partial charge in [-0.2, -0.15) is 0 Å². The largest absolute Gasteiger partial charge is 0.466 e. The van der Waals surface area contributed by atoms with E-state index in [0.717, 1.165) is 12.0 Å². The number of carbonyl (C=O) groups is 1. The lowest BCUT2D eigenvalue weighted by atomic mass is 9.76. The number of ether oxygens (including phenoxy) is 2. The molecule has 0 aliphatic heterocycles. The standard InChI is InChI=1S/C17H28O4/c1-16(2,21-5)11-6-12-17(3,19)14-9-7-13(8-10-14)15(18)20-4/h6-7,11,14,19H,8-10,12H2,1-5H3/b11-6+/t14-,17-/m0/s1. The van der Waals surface area contributed by atoms with Crippen molar-refractivity contribution >= 4 is 5.97 Å². The Hall–Kier alpha value is -1.13. The molecule has 4 heteroatoms. The highest BCUT2D eigenvalue weighted by Crippen LogP contribution is 2.34. The molecule has 0 aromatic carbocycles. The second-order valence-electron chi connectivity index (χ2n) is 6.46. The number of hydrogen-bond acceptors (Lipinski definition) is 4. The first-order valence-corrected chi connectivity index (χ1v) is 7.44. The zero-order chi connectivity index (χ0) is 16.1. The van der Waals surface area contributed by atoms with Gasteiger partial charge in [-0.1, -0.05) is 18.2 Å². The molecule has 0 aromatic rings. The first-order chi connectivity index (χ1) is 9.72. The predicted molar refractivity (Wildman–Crippen MR) is 82.9 cm³/mol. The Balaban J connectivity index is 2.61. The quantitative estimate of drug-likeness (QED) is 0.604. The fraction of sp³-hybridized carbons (Fsp3) is 0.706. The van der Waals surface area contributed by atoms with Crippen molar-refractivity contribution in [3.8, 4) is 0 Å². The van der Waals surface area contributed by atoms with E-state index in [0.29, 0.717) is 19.3 Å². The van der Waals surface area contributed by atoms with Crippen LogP contribution in [0.4, 0.5) is 0 Å². The number of hydrogen-bond donors (Lipinski definition) is 1. The van der Waals surface area contributed by atoms with Crippen LogP contribution in [0, 0.1) is 5.92 Å². The minimum atomic E-state index is -0.779. The third kappa shape index (κ3) is 5.29. The van der Waals surface area contributed by atoms with Crippen LogP contribution in [0.3, 0.4) is 0 Å². The Kier molecular flexibility index (Phi) is 6.17. The average Bonchev–Trinajstić information content (AvgIpc) is 2.46. The number of aliphatic hydroxyl groups is 1. The summed E-state index contributed by atoms with van der Waals surface area (Å²) in [6.45, 7) is 5.81. The summed E-state index contributed by atoms with van der Waals surface area (Å²) in [6.07, 6.45) is 8.60. The highest BCUT2D eigenvalue weighted by molar-refractivity contribution is 5.88. The van der Waals surface area contributed by atoms with E-state index in [4.69, 9.17) is 9.47 Å². The van der Waals surface area contributed by atoms with E-state index in [1.165, 1.54) is 7.11 Å². The van der Waals surface area contributed by atoms with Crippen LogP contribution < -0.4 is 0 Å². The lowest BCUT2D eigenvalue weighted by molar-refractivity contribution is -0.136. The molecule has 0 saturated heterocycles. The second-order valence-corrected chi connectivity index (χ2v) is 6.46. The van der Waals surface area contributed by atoms with Gasteiger partial charge in [0.25, 0.3) is 0 Å². The molecule has 0 aromatic heterocycles. The molecule has 0 radical (unpaired) electrons. The maximum atomic E-state index is 11.5. The van der Waals surface area contributed by atoms with Crippen molar-refractivity contribution in [3.05, 3.63) is 23.8 Å². The van der Waals surface area contributed by atoms with Crippen LogP contribution in [0.25, 0.3) is 0 Å². The van der Waals surface area contributed by atoms with Gasteiger partial charge in [0.05, 0.1) is 18.3 Å². The summed E-state index contributed by atoms with van der Waals surface area (Å²) in [7, 11) is 3.07. The molecular weight excluding hydrogens is 268 g/mol. The summed E-state index contributed by atoms with van der Waals surface area (Å²) < 4.78 is 10.1. The molecule has 0 heterocycles. The maximum Gasteiger partial charge on any atom is 0.333 e. The number of rotatable bonds is 6. The third-order valence-electron chi connectivity index (χ3n) is 4.31. The summed E-state index contributed by atoms with van der Waals surface area (Å²) in [4.78, 5) is 11.5. The van der Waals surface area contributed by atoms with E-state index in [2.05, 4.69) is 0 Å². The number of esters is 1. The Bertz CT molecular complexity index is 419. The summed E-state index contributed by atoms with van der Waals surface area (Å²) >= 11 is 0. The lowest BCUT2D eigenvalue weighted by Crippen LogP contribution is -2.35. The van der Waals surface area contributed by atoms with Crippen molar-refractivity contribution in [2.75, 3.05) is 14.2 Å². The van der Waals surface area contributed by atoms with Crippen LogP contribution >= 0.6 is 0 Å². The van der Waals surface area contributed by atoms with E-state index < -0.39 is 5.60 Å². The molecule has 1 rings (SSSR count). The minimum absolute atomic E-state index is 0.154. The van der Waals surface area contributed by atoms with E-state index >= 15 is 0 Å². The fourth-order valence-corrected chi connectivity index (χ4v) is 2.53. The van der Waals surface area contributed by atoms with Crippen LogP contribution in [0.2, 0.25) is 0 Å². The van der Waals surface area contributed by atoms with Gasteiger partial charge in [-0.05, 0) is 52.4 Å². The van der Waals surface area contributed by atoms with Crippen LogP contribution in [-0.4, -0.2) is 36.5 Å². The first-order valence-electron chi connectivity index (χ1n) is 7.44. The smallest absolute Gasteiger partial charge is 0.333 e. The molecule has 0 bridgehead atoms. The van der Waals surface area contributed by atoms with Gasteiger partial charge >= 0.3 is 5.97 Å². The fourth-order valence-electron chi connectivity index (χ4n) is 2.53. The van der Waals surface area contributed by atoms with Gasteiger partial charge in [0.1, 0.15) is 0 Å². The van der Waals surface area contributed by atoms with Crippen LogP contribution in [-0.2, 0) is 14.3 Å². The topological polar surface area (TPSA) is 55.8 Å². The Labute approximate surface area is 127 Å². The minimum Gasteiger partial charge on any atom is -0.466 e. The molecule has 4 nitrogen and oxygen atoms in total. The maximum absolute atomic E-state index is 11.5. The third-order valence-corrected chi connectivity index (χ3v) is 4.31. The van der Waals surface area contributed by atoms with Gasteiger partial charge in [-0.3, -0.25) is 0 Å². The van der Waals surface area contributed by atoms with Gasteiger partial charge in [0.15, 0.2) is 0 Å². The lowest BCUT2D eigenvalue weighted by Gasteiger charge is -2.34. The molecule has 0 spiro atoms. The van der Waals surface area contributed by atoms with E-state index in [9.17, 15) is 9.90 Å². The monoisotopic (exact) mass is 296 g/mol. The van der Waals surface area contributed by atoms with E-state index in [1.54, 1.807) is 7.11 Å². The van der Waals surface area contributed by atoms with E-state index in [-0.39, 0.29) is 17.5 Å². The number of carbonyl (C=O) groups excluding carboxylic acids is 1. The molecule has 0 fully saturated rings. The molecule has 1 aliphatic rings. The SMILES string of the molecule is COC(=O)C1=CC[C@H]([C@@](C)(O)C/C=C/C(C)(C)OC)CC1. The van der Waals surface area contributed by atoms with Crippen molar-refractivity contribution in [1.29, 1.82) is 0 Å². The second kappa shape index (κ2) is 7.23. The average molecular weight is 296 g/mol. The molecule has 0 unspecified atom stereocenters. The highest BCUT2D eigenvalue weighted by atomic mass is 16.5. The van der Waals surface area contributed by atoms with Gasteiger partial charge in [-0.25, -0.2) is 4.79 Å².